The summed E-state index contributed by atoms with van der Waals surface area (Å²) in [7, 11) is 1.23. The van der Waals surface area contributed by atoms with E-state index in [1.165, 1.54) is 7.11 Å². The predicted octanol–water partition coefficient (Wildman–Crippen LogP) is 0.809. The molecular weight excluding hydrogens is 208 g/mol. The van der Waals surface area contributed by atoms with Crippen molar-refractivity contribution in [2.75, 3.05) is 33.5 Å². The third kappa shape index (κ3) is 10.6. The summed E-state index contributed by atoms with van der Waals surface area (Å²) >= 11 is 0. The Kier molecular flexibility index (Phi) is 9.83. The molecule has 7 heteroatoms. The maximum absolute atomic E-state index is 10.4. The van der Waals surface area contributed by atoms with Gasteiger partial charge in [0.15, 0.2) is 0 Å². The maximum Gasteiger partial charge on any atom is 0.508 e. The van der Waals surface area contributed by atoms with E-state index < -0.39 is 6.16 Å². The SMILES string of the molecule is C=COOOCCOCCOC(=O)OC. The van der Waals surface area contributed by atoms with E-state index in [0.29, 0.717) is 0 Å². The molecule has 0 rings (SSSR count). The molecule has 0 aliphatic carbocycles. The molecule has 0 aromatic carbocycles. The van der Waals surface area contributed by atoms with Crippen molar-refractivity contribution >= 4 is 6.16 Å². The average molecular weight is 222 g/mol. The molecule has 7 nitrogen and oxygen atoms in total. The maximum atomic E-state index is 10.4. The highest BCUT2D eigenvalue weighted by Crippen LogP contribution is 1.85. The molecule has 0 fully saturated rings. The van der Waals surface area contributed by atoms with Crippen LogP contribution in [-0.2, 0) is 29.0 Å². The Morgan fingerprint density at radius 1 is 1.27 bits per heavy atom. The zero-order valence-corrected chi connectivity index (χ0v) is 8.47. The molecule has 0 aromatic heterocycles. The Morgan fingerprint density at radius 2 is 2.00 bits per heavy atom. The van der Waals surface area contributed by atoms with Gasteiger partial charge in [-0.15, -0.1) is 0 Å². The van der Waals surface area contributed by atoms with Crippen LogP contribution in [0.2, 0.25) is 0 Å². The van der Waals surface area contributed by atoms with Crippen molar-refractivity contribution in [1.82, 2.24) is 0 Å². The molecular formula is C8H14O7. The van der Waals surface area contributed by atoms with Crippen molar-refractivity contribution in [3.8, 4) is 0 Å². The van der Waals surface area contributed by atoms with Crippen LogP contribution in [0.25, 0.3) is 0 Å². The summed E-state index contributed by atoms with van der Waals surface area (Å²) in [4.78, 5) is 19.1. The fourth-order valence-electron chi connectivity index (χ4n) is 0.527. The first-order chi connectivity index (χ1) is 7.31. The molecule has 0 saturated carbocycles. The molecule has 0 aliphatic rings. The number of hydrogen-bond acceptors (Lipinski definition) is 7. The largest absolute Gasteiger partial charge is 0.508 e. The molecule has 0 aliphatic heterocycles. The molecule has 15 heavy (non-hydrogen) atoms. The van der Waals surface area contributed by atoms with Crippen LogP contribution in [0.15, 0.2) is 12.8 Å². The smallest absolute Gasteiger partial charge is 0.438 e. The molecule has 88 valence electrons. The molecule has 0 heterocycles. The van der Waals surface area contributed by atoms with Crippen LogP contribution in [0.4, 0.5) is 4.79 Å². The van der Waals surface area contributed by atoms with Gasteiger partial charge in [0.05, 0.1) is 20.3 Å². The summed E-state index contributed by atoms with van der Waals surface area (Å²) in [5, 5.41) is 4.14. The minimum absolute atomic E-state index is 0.122. The summed E-state index contributed by atoms with van der Waals surface area (Å²) in [5.74, 6) is 0. The van der Waals surface area contributed by atoms with Gasteiger partial charge < -0.3 is 19.1 Å². The fraction of sp³-hybridized carbons (Fsp3) is 0.625. The topological polar surface area (TPSA) is 72.5 Å². The van der Waals surface area contributed by atoms with Crippen LogP contribution >= 0.6 is 0 Å². The van der Waals surface area contributed by atoms with Crippen LogP contribution in [-0.4, -0.2) is 39.7 Å². The first-order valence-electron chi connectivity index (χ1n) is 4.15. The van der Waals surface area contributed by atoms with Crippen LogP contribution in [0.3, 0.4) is 0 Å². The van der Waals surface area contributed by atoms with Gasteiger partial charge in [0, 0.05) is 0 Å². The number of rotatable bonds is 9. The molecule has 0 amide bonds. The van der Waals surface area contributed by atoms with E-state index in [2.05, 4.69) is 30.9 Å². The Morgan fingerprint density at radius 3 is 2.67 bits per heavy atom. The Bertz CT molecular complexity index is 170. The second-order valence-corrected chi connectivity index (χ2v) is 2.07. The van der Waals surface area contributed by atoms with Crippen molar-refractivity contribution in [2.45, 2.75) is 0 Å². The molecule has 0 atom stereocenters. The van der Waals surface area contributed by atoms with E-state index in [1.807, 2.05) is 0 Å². The minimum Gasteiger partial charge on any atom is -0.438 e. The molecule has 0 aromatic rings. The second-order valence-electron chi connectivity index (χ2n) is 2.07. The lowest BCUT2D eigenvalue weighted by molar-refractivity contribution is -0.490. The van der Waals surface area contributed by atoms with Crippen molar-refractivity contribution in [1.29, 1.82) is 0 Å². The van der Waals surface area contributed by atoms with E-state index in [0.717, 1.165) is 6.26 Å². The number of methoxy groups -OCH3 is 1. The fourth-order valence-corrected chi connectivity index (χ4v) is 0.527. The lowest BCUT2D eigenvalue weighted by atomic mass is 10.7. The summed E-state index contributed by atoms with van der Waals surface area (Å²) in [6, 6.07) is 0. The zero-order valence-electron chi connectivity index (χ0n) is 8.47. The third-order valence-corrected chi connectivity index (χ3v) is 1.08. The normalized spacial score (nSPS) is 9.40. The average Bonchev–Trinajstić information content (AvgIpc) is 2.26. The number of hydrogen-bond donors (Lipinski definition) is 0. The summed E-state index contributed by atoms with van der Waals surface area (Å²) in [5.41, 5.74) is 0. The Labute approximate surface area is 87.3 Å². The van der Waals surface area contributed by atoms with Gasteiger partial charge >= 0.3 is 6.16 Å². The standard InChI is InChI=1S/C8H14O7/c1-3-13-15-14-7-5-11-4-6-12-8(9)10-2/h3H,1,4-7H2,2H3. The number of carbonyl (C=O) groups is 1. The highest BCUT2D eigenvalue weighted by atomic mass is 17.5. The lowest BCUT2D eigenvalue weighted by Crippen LogP contribution is -2.12. The Balaban J connectivity index is 2.98. The van der Waals surface area contributed by atoms with Crippen LogP contribution in [0, 0.1) is 0 Å². The second kappa shape index (κ2) is 10.8. The molecule has 0 unspecified atom stereocenters. The third-order valence-electron chi connectivity index (χ3n) is 1.08. The van der Waals surface area contributed by atoms with Crippen LogP contribution in [0.5, 0.6) is 0 Å². The highest BCUT2D eigenvalue weighted by Gasteiger charge is 1.98. The molecule has 0 spiro atoms. The monoisotopic (exact) mass is 222 g/mol. The van der Waals surface area contributed by atoms with Crippen molar-refractivity contribution in [3.05, 3.63) is 12.8 Å². The minimum atomic E-state index is -0.738. The van der Waals surface area contributed by atoms with Gasteiger partial charge in [0.25, 0.3) is 0 Å². The van der Waals surface area contributed by atoms with Gasteiger partial charge in [0.2, 0.25) is 0 Å². The van der Waals surface area contributed by atoms with Crippen LogP contribution < -0.4 is 0 Å². The van der Waals surface area contributed by atoms with Gasteiger partial charge in [-0.25, -0.2) is 4.79 Å². The lowest BCUT2D eigenvalue weighted by Gasteiger charge is -2.04. The molecule has 0 saturated heterocycles. The summed E-state index contributed by atoms with van der Waals surface area (Å²) < 4.78 is 13.8. The number of ether oxygens (including phenoxy) is 3. The van der Waals surface area contributed by atoms with Gasteiger partial charge in [-0.2, -0.15) is 4.89 Å². The van der Waals surface area contributed by atoms with E-state index in [9.17, 15) is 4.79 Å². The van der Waals surface area contributed by atoms with Crippen molar-refractivity contribution in [3.63, 3.8) is 0 Å². The molecule has 0 N–H and O–H groups in total. The van der Waals surface area contributed by atoms with E-state index in [1.54, 1.807) is 0 Å². The quantitative estimate of drug-likeness (QED) is 0.188. The molecule has 0 bridgehead atoms. The van der Waals surface area contributed by atoms with Crippen LogP contribution in [0.1, 0.15) is 0 Å². The zero-order chi connectivity index (χ0) is 11.4. The first-order valence-corrected chi connectivity index (χ1v) is 4.15. The highest BCUT2D eigenvalue weighted by molar-refractivity contribution is 5.59. The van der Waals surface area contributed by atoms with E-state index in [4.69, 9.17) is 4.74 Å². The summed E-state index contributed by atoms with van der Waals surface area (Å²) in [6.45, 7) is 4.07. The predicted molar refractivity (Wildman–Crippen MR) is 47.5 cm³/mol. The van der Waals surface area contributed by atoms with Gasteiger partial charge in [-0.1, -0.05) is 6.58 Å². The van der Waals surface area contributed by atoms with Crippen molar-refractivity contribution < 1.29 is 33.8 Å². The summed E-state index contributed by atoms with van der Waals surface area (Å²) in [6.07, 6.45) is 0.336. The van der Waals surface area contributed by atoms with Gasteiger partial charge in [-0.3, -0.25) is 0 Å². The molecule has 0 radical (unpaired) electrons. The van der Waals surface area contributed by atoms with E-state index in [-0.39, 0.29) is 26.4 Å². The van der Waals surface area contributed by atoms with Crippen molar-refractivity contribution in [2.24, 2.45) is 0 Å². The van der Waals surface area contributed by atoms with Gasteiger partial charge in [-0.05, 0) is 5.04 Å². The van der Waals surface area contributed by atoms with E-state index >= 15 is 0 Å². The van der Waals surface area contributed by atoms with Gasteiger partial charge in [0.1, 0.15) is 19.5 Å². The number of carbonyl (C=O) groups excluding carboxylic acids is 1. The first kappa shape index (κ1) is 13.7. The Hall–Kier alpha value is -1.31.